The molecule has 6 heteroatoms. The van der Waals surface area contributed by atoms with Gasteiger partial charge in [-0.25, -0.2) is 0 Å². The Morgan fingerprint density at radius 1 is 1.36 bits per heavy atom. The Kier molecular flexibility index (Phi) is 4.31. The van der Waals surface area contributed by atoms with Crippen LogP contribution in [-0.4, -0.2) is 44.6 Å². The van der Waals surface area contributed by atoms with E-state index in [-0.39, 0.29) is 12.5 Å². The van der Waals surface area contributed by atoms with Gasteiger partial charge in [-0.1, -0.05) is 5.16 Å². The number of aromatic nitrogens is 3. The van der Waals surface area contributed by atoms with Gasteiger partial charge in [0.05, 0.1) is 12.4 Å². The first-order valence-electron chi connectivity index (χ1n) is 7.86. The molecule has 0 unspecified atom stereocenters. The molecule has 0 amide bonds. The van der Waals surface area contributed by atoms with Crippen LogP contribution in [0.3, 0.4) is 0 Å². The first kappa shape index (κ1) is 15.2. The summed E-state index contributed by atoms with van der Waals surface area (Å²) in [6.07, 6.45) is 5.85. The van der Waals surface area contributed by atoms with Crippen LogP contribution in [0.15, 0.2) is 23.1 Å². The SMILES string of the molecule is Cc1oncc1CN1C[C@@H](CO)[C@H](c2cnn(C(C)C)c2)C1. The molecule has 3 heterocycles. The summed E-state index contributed by atoms with van der Waals surface area (Å²) in [5.41, 5.74) is 2.34. The molecule has 0 bridgehead atoms. The molecule has 22 heavy (non-hydrogen) atoms. The quantitative estimate of drug-likeness (QED) is 0.914. The zero-order chi connectivity index (χ0) is 15.7. The van der Waals surface area contributed by atoms with Crippen molar-refractivity contribution in [3.63, 3.8) is 0 Å². The van der Waals surface area contributed by atoms with Gasteiger partial charge in [0.1, 0.15) is 5.76 Å². The zero-order valence-corrected chi connectivity index (χ0v) is 13.4. The summed E-state index contributed by atoms with van der Waals surface area (Å²) in [7, 11) is 0. The number of aliphatic hydroxyl groups excluding tert-OH is 1. The molecule has 120 valence electrons. The average molecular weight is 304 g/mol. The Hall–Kier alpha value is -1.66. The molecule has 6 nitrogen and oxygen atoms in total. The fourth-order valence-electron chi connectivity index (χ4n) is 3.19. The van der Waals surface area contributed by atoms with Crippen molar-refractivity contribution in [3.05, 3.63) is 35.5 Å². The van der Waals surface area contributed by atoms with Gasteiger partial charge >= 0.3 is 0 Å². The van der Waals surface area contributed by atoms with Crippen molar-refractivity contribution in [3.8, 4) is 0 Å². The molecule has 0 aliphatic carbocycles. The van der Waals surface area contributed by atoms with Crippen LogP contribution in [-0.2, 0) is 6.54 Å². The minimum absolute atomic E-state index is 0.205. The monoisotopic (exact) mass is 304 g/mol. The van der Waals surface area contributed by atoms with E-state index in [1.54, 1.807) is 6.20 Å². The number of rotatable bonds is 5. The summed E-state index contributed by atoms with van der Waals surface area (Å²) < 4.78 is 7.11. The predicted molar refractivity (Wildman–Crippen MR) is 82.4 cm³/mol. The van der Waals surface area contributed by atoms with Crippen LogP contribution >= 0.6 is 0 Å². The molecule has 0 spiro atoms. The predicted octanol–water partition coefficient (Wildman–Crippen LogP) is 1.97. The summed E-state index contributed by atoms with van der Waals surface area (Å²) in [6.45, 7) is 9.02. The lowest BCUT2D eigenvalue weighted by Gasteiger charge is -2.14. The second-order valence-corrected chi connectivity index (χ2v) is 6.50. The summed E-state index contributed by atoms with van der Waals surface area (Å²) >= 11 is 0. The summed E-state index contributed by atoms with van der Waals surface area (Å²) in [4.78, 5) is 2.36. The minimum atomic E-state index is 0.205. The van der Waals surface area contributed by atoms with E-state index < -0.39 is 0 Å². The van der Waals surface area contributed by atoms with Crippen LogP contribution in [0.1, 0.15) is 42.7 Å². The third kappa shape index (κ3) is 2.94. The number of aliphatic hydroxyl groups is 1. The normalized spacial score (nSPS) is 22.8. The molecule has 1 aliphatic rings. The largest absolute Gasteiger partial charge is 0.396 e. The molecular formula is C16H24N4O2. The van der Waals surface area contributed by atoms with E-state index in [1.165, 1.54) is 5.56 Å². The van der Waals surface area contributed by atoms with E-state index in [1.807, 2.05) is 17.8 Å². The second-order valence-electron chi connectivity index (χ2n) is 6.50. The Morgan fingerprint density at radius 2 is 2.18 bits per heavy atom. The molecule has 2 aromatic rings. The van der Waals surface area contributed by atoms with Gasteiger partial charge in [-0.2, -0.15) is 5.10 Å². The smallest absolute Gasteiger partial charge is 0.138 e. The zero-order valence-electron chi connectivity index (χ0n) is 13.4. The van der Waals surface area contributed by atoms with Crippen molar-refractivity contribution in [2.24, 2.45) is 5.92 Å². The molecule has 0 saturated carbocycles. The van der Waals surface area contributed by atoms with Gasteiger partial charge in [-0.05, 0) is 26.3 Å². The number of nitrogens with zero attached hydrogens (tertiary/aromatic N) is 4. The first-order valence-corrected chi connectivity index (χ1v) is 7.86. The van der Waals surface area contributed by atoms with E-state index in [9.17, 15) is 5.11 Å². The molecule has 1 N–H and O–H groups in total. The number of hydrogen-bond donors (Lipinski definition) is 1. The highest BCUT2D eigenvalue weighted by atomic mass is 16.5. The lowest BCUT2D eigenvalue weighted by molar-refractivity contribution is 0.213. The van der Waals surface area contributed by atoms with E-state index in [0.29, 0.717) is 12.0 Å². The fraction of sp³-hybridized carbons (Fsp3) is 0.625. The lowest BCUT2D eigenvalue weighted by atomic mass is 9.92. The van der Waals surface area contributed by atoms with E-state index in [0.717, 1.165) is 31.0 Å². The molecule has 0 aromatic carbocycles. The molecule has 1 aliphatic heterocycles. The molecule has 1 fully saturated rings. The minimum Gasteiger partial charge on any atom is -0.396 e. The highest BCUT2D eigenvalue weighted by Crippen LogP contribution is 2.33. The molecule has 2 atom stereocenters. The topological polar surface area (TPSA) is 67.3 Å². The van der Waals surface area contributed by atoms with Crippen LogP contribution in [0.25, 0.3) is 0 Å². The van der Waals surface area contributed by atoms with Crippen LogP contribution in [0.4, 0.5) is 0 Å². The van der Waals surface area contributed by atoms with Gasteiger partial charge < -0.3 is 9.63 Å². The standard InChI is InChI=1S/C16H24N4O2/c1-11(2)20-8-14(4-17-20)16-9-19(7-15(16)10-21)6-13-5-18-22-12(13)3/h4-5,8,11,15-16,21H,6-7,9-10H2,1-3H3/t15-,16-/m0/s1. The molecule has 2 aromatic heterocycles. The van der Waals surface area contributed by atoms with Crippen LogP contribution in [0.2, 0.25) is 0 Å². The maximum absolute atomic E-state index is 9.73. The third-order valence-electron chi connectivity index (χ3n) is 4.57. The maximum atomic E-state index is 9.73. The Morgan fingerprint density at radius 3 is 2.77 bits per heavy atom. The Balaban J connectivity index is 1.72. The van der Waals surface area contributed by atoms with Crippen LogP contribution < -0.4 is 0 Å². The summed E-state index contributed by atoms with van der Waals surface area (Å²) in [5.74, 6) is 1.46. The van der Waals surface area contributed by atoms with E-state index >= 15 is 0 Å². The van der Waals surface area contributed by atoms with Crippen LogP contribution in [0.5, 0.6) is 0 Å². The van der Waals surface area contributed by atoms with Crippen molar-refractivity contribution in [2.45, 2.75) is 39.3 Å². The van der Waals surface area contributed by atoms with Gasteiger partial charge in [-0.3, -0.25) is 9.58 Å². The highest BCUT2D eigenvalue weighted by Gasteiger charge is 2.34. The van der Waals surface area contributed by atoms with E-state index in [4.69, 9.17) is 4.52 Å². The first-order chi connectivity index (χ1) is 10.6. The highest BCUT2D eigenvalue weighted by molar-refractivity contribution is 5.18. The average Bonchev–Trinajstić information content (AvgIpc) is 3.19. The molecular weight excluding hydrogens is 280 g/mol. The van der Waals surface area contributed by atoms with Crippen molar-refractivity contribution >= 4 is 0 Å². The van der Waals surface area contributed by atoms with Crippen molar-refractivity contribution in [1.82, 2.24) is 19.8 Å². The fourth-order valence-corrected chi connectivity index (χ4v) is 3.19. The lowest BCUT2D eigenvalue weighted by Crippen LogP contribution is -2.21. The van der Waals surface area contributed by atoms with Gasteiger partial charge in [0.25, 0.3) is 0 Å². The maximum Gasteiger partial charge on any atom is 0.138 e. The number of aryl methyl sites for hydroxylation is 1. The molecule has 0 radical (unpaired) electrons. The van der Waals surface area contributed by atoms with Gasteiger partial charge in [0, 0.05) is 55.9 Å². The summed E-state index contributed by atoms with van der Waals surface area (Å²) in [5, 5.41) is 18.0. The van der Waals surface area contributed by atoms with Crippen molar-refractivity contribution in [2.75, 3.05) is 19.7 Å². The second kappa shape index (κ2) is 6.22. The van der Waals surface area contributed by atoms with Gasteiger partial charge in [-0.15, -0.1) is 0 Å². The Bertz CT molecular complexity index is 619. The van der Waals surface area contributed by atoms with Crippen molar-refractivity contribution in [1.29, 1.82) is 0 Å². The van der Waals surface area contributed by atoms with Gasteiger partial charge in [0.2, 0.25) is 0 Å². The van der Waals surface area contributed by atoms with Crippen LogP contribution in [0, 0.1) is 12.8 Å². The van der Waals surface area contributed by atoms with Crippen molar-refractivity contribution < 1.29 is 9.63 Å². The number of hydrogen-bond acceptors (Lipinski definition) is 5. The third-order valence-corrected chi connectivity index (χ3v) is 4.57. The molecule has 3 rings (SSSR count). The van der Waals surface area contributed by atoms with E-state index in [2.05, 4.69) is 35.2 Å². The summed E-state index contributed by atoms with van der Waals surface area (Å²) in [6, 6.07) is 0.360. The Labute approximate surface area is 130 Å². The van der Waals surface area contributed by atoms with Gasteiger partial charge in [0.15, 0.2) is 0 Å². The number of likely N-dealkylation sites (tertiary alicyclic amines) is 1. The molecule has 1 saturated heterocycles.